The summed E-state index contributed by atoms with van der Waals surface area (Å²) in [6.07, 6.45) is 0. The van der Waals surface area contributed by atoms with Crippen molar-refractivity contribution in [2.45, 2.75) is 19.1 Å². The Morgan fingerprint density at radius 2 is 1.61 bits per heavy atom. The summed E-state index contributed by atoms with van der Waals surface area (Å²) in [4.78, 5) is 31.4. The van der Waals surface area contributed by atoms with E-state index in [0.29, 0.717) is 27.3 Å². The number of nitrogens with one attached hydrogen (secondary N) is 1. The van der Waals surface area contributed by atoms with Gasteiger partial charge >= 0.3 is 0 Å². The molecule has 1 heterocycles. The number of para-hydroxylation sites is 1. The fourth-order valence-electron chi connectivity index (χ4n) is 4.53. The van der Waals surface area contributed by atoms with Crippen LogP contribution in [0.2, 0.25) is 5.02 Å². The number of carbonyl (C=O) groups is 2. The van der Waals surface area contributed by atoms with E-state index < -0.39 is 17.8 Å². The first-order chi connectivity index (χ1) is 19.8. The smallest absolute Gasteiger partial charge is 0.251 e. The maximum absolute atomic E-state index is 14.0. The fraction of sp³-hybridized carbons (Fsp3) is 0.161. The lowest BCUT2D eigenvalue weighted by molar-refractivity contribution is -0.140. The molecule has 0 aliphatic carbocycles. The molecule has 1 unspecified atom stereocenters. The van der Waals surface area contributed by atoms with Gasteiger partial charge in [-0.15, -0.1) is 5.10 Å². The number of nitrogens with zero attached hydrogens (tertiary/aromatic N) is 5. The van der Waals surface area contributed by atoms with Crippen LogP contribution in [0.5, 0.6) is 0 Å². The Bertz CT molecular complexity index is 1650. The van der Waals surface area contributed by atoms with Crippen LogP contribution < -0.4 is 10.2 Å². The Labute approximate surface area is 241 Å². The lowest BCUT2D eigenvalue weighted by Gasteiger charge is -2.31. The average Bonchev–Trinajstić information content (AvgIpc) is 3.37. The predicted octanol–water partition coefficient (Wildman–Crippen LogP) is 5.70. The minimum atomic E-state index is -1.08. The van der Waals surface area contributed by atoms with Crippen molar-refractivity contribution in [1.29, 1.82) is 0 Å². The quantitative estimate of drug-likeness (QED) is 0.246. The molecule has 5 aromatic rings. The Morgan fingerprint density at radius 3 is 2.29 bits per heavy atom. The highest BCUT2D eigenvalue weighted by atomic mass is 35.5. The van der Waals surface area contributed by atoms with Crippen molar-refractivity contribution < 1.29 is 14.0 Å². The number of hydrogen-bond acceptors (Lipinski definition) is 5. The van der Waals surface area contributed by atoms with Gasteiger partial charge in [0.15, 0.2) is 0 Å². The molecule has 0 saturated carbocycles. The third-order valence-electron chi connectivity index (χ3n) is 6.69. The van der Waals surface area contributed by atoms with Gasteiger partial charge in [-0.05, 0) is 71.8 Å². The van der Waals surface area contributed by atoms with E-state index in [0.717, 1.165) is 11.3 Å². The van der Waals surface area contributed by atoms with Gasteiger partial charge in [-0.1, -0.05) is 53.2 Å². The summed E-state index contributed by atoms with van der Waals surface area (Å²) in [5.41, 5.74) is 4.10. The summed E-state index contributed by atoms with van der Waals surface area (Å²) in [5, 5.41) is 11.8. The van der Waals surface area contributed by atoms with Crippen LogP contribution in [0, 0.1) is 5.82 Å². The zero-order valence-electron chi connectivity index (χ0n) is 22.5. The van der Waals surface area contributed by atoms with E-state index in [1.165, 1.54) is 33.8 Å². The molecule has 208 valence electrons. The van der Waals surface area contributed by atoms with Crippen LogP contribution in [0.4, 0.5) is 15.8 Å². The second kappa shape index (κ2) is 12.2. The first kappa shape index (κ1) is 27.8. The molecular weight excluding hydrogens is 543 g/mol. The average molecular weight is 571 g/mol. The minimum absolute atomic E-state index is 0.0949. The van der Waals surface area contributed by atoms with Gasteiger partial charge in [0.2, 0.25) is 5.91 Å². The number of benzene rings is 4. The van der Waals surface area contributed by atoms with E-state index in [1.807, 2.05) is 55.4 Å². The van der Waals surface area contributed by atoms with Crippen molar-refractivity contribution in [1.82, 2.24) is 19.9 Å². The first-order valence-corrected chi connectivity index (χ1v) is 13.3. The van der Waals surface area contributed by atoms with Crippen molar-refractivity contribution in [3.8, 4) is 0 Å². The molecule has 41 heavy (non-hydrogen) atoms. The van der Waals surface area contributed by atoms with Gasteiger partial charge in [0.1, 0.15) is 23.9 Å². The molecule has 0 fully saturated rings. The molecule has 0 radical (unpaired) electrons. The zero-order chi connectivity index (χ0) is 28.9. The number of hydrogen-bond donors (Lipinski definition) is 1. The monoisotopic (exact) mass is 570 g/mol. The zero-order valence-corrected chi connectivity index (χ0v) is 23.3. The molecular formula is C31H28ClFN6O2. The molecule has 0 aliphatic rings. The van der Waals surface area contributed by atoms with Crippen molar-refractivity contribution >= 4 is 45.8 Å². The van der Waals surface area contributed by atoms with E-state index in [-0.39, 0.29) is 19.0 Å². The predicted molar refractivity (Wildman–Crippen MR) is 158 cm³/mol. The van der Waals surface area contributed by atoms with Gasteiger partial charge in [-0.2, -0.15) is 0 Å². The molecule has 2 amide bonds. The van der Waals surface area contributed by atoms with Crippen molar-refractivity contribution in [2.75, 3.05) is 24.3 Å². The molecule has 5 rings (SSSR count). The number of fused-ring (bicyclic) bond motifs is 1. The molecule has 1 aromatic heterocycles. The van der Waals surface area contributed by atoms with E-state index in [4.69, 9.17) is 11.6 Å². The van der Waals surface area contributed by atoms with Crippen LogP contribution in [-0.2, 0) is 22.7 Å². The molecule has 8 nitrogen and oxygen atoms in total. The summed E-state index contributed by atoms with van der Waals surface area (Å²) in [5.74, 6) is -1.26. The fourth-order valence-corrected chi connectivity index (χ4v) is 4.66. The van der Waals surface area contributed by atoms with Gasteiger partial charge in [0, 0.05) is 37.0 Å². The topological polar surface area (TPSA) is 83.4 Å². The highest BCUT2D eigenvalue weighted by Gasteiger charge is 2.32. The number of carbonyl (C=O) groups excluding carboxylic acids is 2. The number of aromatic nitrogens is 3. The summed E-state index contributed by atoms with van der Waals surface area (Å²) in [6, 6.07) is 26.2. The molecule has 1 atom stereocenters. The van der Waals surface area contributed by atoms with E-state index in [2.05, 4.69) is 15.6 Å². The van der Waals surface area contributed by atoms with Crippen LogP contribution >= 0.6 is 11.6 Å². The van der Waals surface area contributed by atoms with Crippen LogP contribution in [0.15, 0.2) is 97.1 Å². The third-order valence-corrected chi connectivity index (χ3v) is 6.94. The van der Waals surface area contributed by atoms with E-state index in [1.54, 1.807) is 36.4 Å². The number of halogens is 2. The van der Waals surface area contributed by atoms with E-state index in [9.17, 15) is 14.0 Å². The molecule has 0 bridgehead atoms. The normalized spacial score (nSPS) is 11.7. The largest absolute Gasteiger partial charge is 0.378 e. The maximum Gasteiger partial charge on any atom is 0.251 e. The standard InChI is InChI=1S/C31H28ClFN6O2/c1-37(2)26-17-15-25(16-18-26)34-31(41)30(22-9-13-24(33)14-10-22)38(19-21-7-11-23(32)12-8-21)29(40)20-39-28-6-4-3-5-27(28)35-36-39/h3-18,30H,19-20H2,1-2H3,(H,34,41). The Hall–Kier alpha value is -4.76. The second-order valence-electron chi connectivity index (χ2n) is 9.77. The van der Waals surface area contributed by atoms with Gasteiger partial charge in [0.05, 0.1) is 5.52 Å². The summed E-state index contributed by atoms with van der Waals surface area (Å²) < 4.78 is 15.4. The SMILES string of the molecule is CN(C)c1ccc(NC(=O)C(c2ccc(F)cc2)N(Cc2ccc(Cl)cc2)C(=O)Cn2nnc3ccccc32)cc1. The van der Waals surface area contributed by atoms with E-state index >= 15 is 0 Å². The Balaban J connectivity index is 1.53. The third kappa shape index (κ3) is 6.53. The molecule has 0 saturated heterocycles. The van der Waals surface area contributed by atoms with Crippen molar-refractivity contribution in [3.63, 3.8) is 0 Å². The summed E-state index contributed by atoms with van der Waals surface area (Å²) >= 11 is 6.10. The second-order valence-corrected chi connectivity index (χ2v) is 10.2. The lowest BCUT2D eigenvalue weighted by atomic mass is 10.0. The van der Waals surface area contributed by atoms with Gasteiger partial charge in [0.25, 0.3) is 5.91 Å². The van der Waals surface area contributed by atoms with Gasteiger partial charge < -0.3 is 15.1 Å². The van der Waals surface area contributed by atoms with Crippen LogP contribution in [0.25, 0.3) is 11.0 Å². The van der Waals surface area contributed by atoms with Crippen molar-refractivity contribution in [2.24, 2.45) is 0 Å². The lowest BCUT2D eigenvalue weighted by Crippen LogP contribution is -2.42. The number of anilines is 2. The molecule has 1 N–H and O–H groups in total. The van der Waals surface area contributed by atoms with Crippen LogP contribution in [0.1, 0.15) is 17.2 Å². The summed E-state index contributed by atoms with van der Waals surface area (Å²) in [7, 11) is 3.85. The van der Waals surface area contributed by atoms with Crippen LogP contribution in [-0.4, -0.2) is 45.8 Å². The molecule has 10 heteroatoms. The van der Waals surface area contributed by atoms with Gasteiger partial charge in [-0.25, -0.2) is 9.07 Å². The molecule has 0 spiro atoms. The summed E-state index contributed by atoms with van der Waals surface area (Å²) in [6.45, 7) is -0.0612. The highest BCUT2D eigenvalue weighted by molar-refractivity contribution is 6.30. The maximum atomic E-state index is 14.0. The van der Waals surface area contributed by atoms with Crippen LogP contribution in [0.3, 0.4) is 0 Å². The Kier molecular flexibility index (Phi) is 8.26. The molecule has 4 aromatic carbocycles. The Morgan fingerprint density at radius 1 is 0.927 bits per heavy atom. The minimum Gasteiger partial charge on any atom is -0.378 e. The number of amides is 2. The van der Waals surface area contributed by atoms with Crippen molar-refractivity contribution in [3.05, 3.63) is 119 Å². The number of rotatable bonds is 9. The first-order valence-electron chi connectivity index (χ1n) is 12.9. The highest BCUT2D eigenvalue weighted by Crippen LogP contribution is 2.27. The molecule has 0 aliphatic heterocycles. The van der Waals surface area contributed by atoms with Gasteiger partial charge in [-0.3, -0.25) is 9.59 Å².